The number of ether oxygens (including phenoxy) is 2. The average molecular weight is 395 g/mol. The van der Waals surface area contributed by atoms with Crippen molar-refractivity contribution in [3.05, 3.63) is 28.2 Å². The second kappa shape index (κ2) is 7.87. The molecule has 0 fully saturated rings. The van der Waals surface area contributed by atoms with E-state index in [-0.39, 0.29) is 10.7 Å². The van der Waals surface area contributed by atoms with E-state index >= 15 is 0 Å². The molecule has 0 aliphatic rings. The highest BCUT2D eigenvalue weighted by atomic mass is 79.9. The molecule has 0 aliphatic carbocycles. The summed E-state index contributed by atoms with van der Waals surface area (Å²) >= 11 is 6.82. The van der Waals surface area contributed by atoms with E-state index in [1.165, 1.54) is 0 Å². The van der Waals surface area contributed by atoms with Crippen molar-refractivity contribution in [2.24, 2.45) is 0 Å². The number of benzene rings is 1. The summed E-state index contributed by atoms with van der Waals surface area (Å²) in [5.41, 5.74) is 0.547. The quantitative estimate of drug-likeness (QED) is 0.696. The summed E-state index contributed by atoms with van der Waals surface area (Å²) in [5, 5.41) is 0. The lowest BCUT2D eigenvalue weighted by Crippen LogP contribution is -2.33. The van der Waals surface area contributed by atoms with Crippen LogP contribution in [0.25, 0.3) is 0 Å². The number of hydrogen-bond donors (Lipinski definition) is 0. The van der Waals surface area contributed by atoms with E-state index < -0.39 is 0 Å². The first kappa shape index (κ1) is 16.5. The van der Waals surface area contributed by atoms with Crippen LogP contribution in [0.4, 0.5) is 0 Å². The van der Waals surface area contributed by atoms with Crippen LogP contribution < -0.4 is 4.74 Å². The summed E-state index contributed by atoms with van der Waals surface area (Å²) in [6, 6.07) is 5.35. The fourth-order valence-corrected chi connectivity index (χ4v) is 2.70. The molecule has 1 atom stereocenters. The van der Waals surface area contributed by atoms with Gasteiger partial charge in [-0.3, -0.25) is 4.79 Å². The molecule has 0 radical (unpaired) electrons. The maximum Gasteiger partial charge on any atom is 0.257 e. The summed E-state index contributed by atoms with van der Waals surface area (Å²) in [6.07, 6.45) is 0. The molecule has 0 bridgehead atoms. The minimum Gasteiger partial charge on any atom is -0.496 e. The number of halogens is 2. The number of alkyl halides is 1. The zero-order chi connectivity index (χ0) is 14.4. The first-order valence-electron chi connectivity index (χ1n) is 5.71. The molecule has 106 valence electrons. The molecule has 1 aromatic rings. The highest BCUT2D eigenvalue weighted by Gasteiger charge is 2.19. The smallest absolute Gasteiger partial charge is 0.257 e. The van der Waals surface area contributed by atoms with Gasteiger partial charge in [0.15, 0.2) is 0 Å². The van der Waals surface area contributed by atoms with Crippen LogP contribution in [0.2, 0.25) is 0 Å². The largest absolute Gasteiger partial charge is 0.496 e. The molecular weight excluding hydrogens is 378 g/mol. The Morgan fingerprint density at radius 2 is 2.11 bits per heavy atom. The van der Waals surface area contributed by atoms with E-state index in [0.717, 1.165) is 4.47 Å². The van der Waals surface area contributed by atoms with Crippen molar-refractivity contribution >= 4 is 37.8 Å². The number of hydrogen-bond acceptors (Lipinski definition) is 3. The standard InChI is InChI=1S/C13H17Br2NO3/c1-16(7-10(15)8-18-2)13(17)11-5-4-9(14)6-12(11)19-3/h4-6,10H,7-8H2,1-3H3. The van der Waals surface area contributed by atoms with Crippen molar-refractivity contribution in [1.29, 1.82) is 0 Å². The number of nitrogens with zero attached hydrogens (tertiary/aromatic N) is 1. The first-order valence-corrected chi connectivity index (χ1v) is 7.42. The lowest BCUT2D eigenvalue weighted by molar-refractivity contribution is 0.0781. The van der Waals surface area contributed by atoms with Crippen LogP contribution in [0, 0.1) is 0 Å². The summed E-state index contributed by atoms with van der Waals surface area (Å²) in [4.78, 5) is 14.1. The summed E-state index contributed by atoms with van der Waals surface area (Å²) in [5.74, 6) is 0.481. The Balaban J connectivity index is 2.82. The van der Waals surface area contributed by atoms with Crippen LogP contribution in [-0.2, 0) is 4.74 Å². The van der Waals surface area contributed by atoms with E-state index in [1.807, 2.05) is 6.07 Å². The van der Waals surface area contributed by atoms with Crippen molar-refractivity contribution in [3.8, 4) is 5.75 Å². The molecule has 0 N–H and O–H groups in total. The highest BCUT2D eigenvalue weighted by molar-refractivity contribution is 9.10. The number of carbonyl (C=O) groups is 1. The van der Waals surface area contributed by atoms with Gasteiger partial charge in [-0.05, 0) is 18.2 Å². The Bertz CT molecular complexity index is 440. The molecule has 19 heavy (non-hydrogen) atoms. The minimum atomic E-state index is -0.0788. The van der Waals surface area contributed by atoms with Gasteiger partial charge in [0, 0.05) is 25.2 Å². The van der Waals surface area contributed by atoms with Gasteiger partial charge < -0.3 is 14.4 Å². The fraction of sp³-hybridized carbons (Fsp3) is 0.462. The zero-order valence-corrected chi connectivity index (χ0v) is 14.3. The van der Waals surface area contributed by atoms with Crippen molar-refractivity contribution in [3.63, 3.8) is 0 Å². The van der Waals surface area contributed by atoms with Gasteiger partial charge in [-0.1, -0.05) is 31.9 Å². The maximum absolute atomic E-state index is 12.3. The third-order valence-electron chi connectivity index (χ3n) is 2.56. The molecule has 0 aliphatic heterocycles. The van der Waals surface area contributed by atoms with Gasteiger partial charge in [-0.15, -0.1) is 0 Å². The molecule has 1 unspecified atom stereocenters. The predicted octanol–water partition coefficient (Wildman–Crippen LogP) is 2.94. The van der Waals surface area contributed by atoms with Gasteiger partial charge in [0.2, 0.25) is 0 Å². The Kier molecular flexibility index (Phi) is 6.82. The van der Waals surface area contributed by atoms with Crippen molar-refractivity contribution in [1.82, 2.24) is 4.90 Å². The second-order valence-electron chi connectivity index (χ2n) is 4.08. The summed E-state index contributed by atoms with van der Waals surface area (Å²) in [7, 11) is 4.94. The van der Waals surface area contributed by atoms with Gasteiger partial charge in [0.1, 0.15) is 5.75 Å². The van der Waals surface area contributed by atoms with Crippen LogP contribution in [0.15, 0.2) is 22.7 Å². The molecule has 1 rings (SSSR count). The predicted molar refractivity (Wildman–Crippen MR) is 82.2 cm³/mol. The van der Waals surface area contributed by atoms with E-state index in [9.17, 15) is 4.79 Å². The third kappa shape index (κ3) is 4.78. The minimum absolute atomic E-state index is 0.0788. The molecule has 6 heteroatoms. The van der Waals surface area contributed by atoms with Crippen molar-refractivity contribution in [2.75, 3.05) is 34.4 Å². The molecule has 0 spiro atoms. The Morgan fingerprint density at radius 1 is 1.42 bits per heavy atom. The van der Waals surface area contributed by atoms with Crippen molar-refractivity contribution < 1.29 is 14.3 Å². The molecule has 1 amide bonds. The van der Waals surface area contributed by atoms with Crippen molar-refractivity contribution in [2.45, 2.75) is 4.83 Å². The molecule has 0 heterocycles. The van der Waals surface area contributed by atoms with Crippen LogP contribution in [0.5, 0.6) is 5.75 Å². The molecule has 0 saturated carbocycles. The average Bonchev–Trinajstić information content (AvgIpc) is 2.37. The van der Waals surface area contributed by atoms with Crippen LogP contribution >= 0.6 is 31.9 Å². The summed E-state index contributed by atoms with van der Waals surface area (Å²) < 4.78 is 11.1. The molecule has 1 aromatic carbocycles. The molecule has 4 nitrogen and oxygen atoms in total. The van der Waals surface area contributed by atoms with E-state index in [1.54, 1.807) is 38.3 Å². The maximum atomic E-state index is 12.3. The Morgan fingerprint density at radius 3 is 2.68 bits per heavy atom. The fourth-order valence-electron chi connectivity index (χ4n) is 1.66. The Hall–Kier alpha value is -0.590. The lowest BCUT2D eigenvalue weighted by Gasteiger charge is -2.21. The topological polar surface area (TPSA) is 38.8 Å². The highest BCUT2D eigenvalue weighted by Crippen LogP contribution is 2.24. The molecular formula is C13H17Br2NO3. The zero-order valence-electron chi connectivity index (χ0n) is 11.2. The normalized spacial score (nSPS) is 12.1. The van der Waals surface area contributed by atoms with Crippen LogP contribution in [0.3, 0.4) is 0 Å². The first-order chi connectivity index (χ1) is 8.99. The number of carbonyl (C=O) groups excluding carboxylic acids is 1. The molecule has 0 saturated heterocycles. The Labute approximate surface area is 130 Å². The van der Waals surface area contributed by atoms with Gasteiger partial charge in [-0.25, -0.2) is 0 Å². The number of rotatable bonds is 6. The van der Waals surface area contributed by atoms with Crippen LogP contribution in [-0.4, -0.2) is 50.1 Å². The number of methoxy groups -OCH3 is 2. The lowest BCUT2D eigenvalue weighted by atomic mass is 10.1. The second-order valence-corrected chi connectivity index (χ2v) is 6.29. The third-order valence-corrected chi connectivity index (χ3v) is 3.61. The van der Waals surface area contributed by atoms with E-state index in [0.29, 0.717) is 24.5 Å². The van der Waals surface area contributed by atoms with Gasteiger partial charge in [0.05, 0.1) is 24.1 Å². The monoisotopic (exact) mass is 393 g/mol. The van der Waals surface area contributed by atoms with E-state index in [2.05, 4.69) is 31.9 Å². The van der Waals surface area contributed by atoms with Gasteiger partial charge >= 0.3 is 0 Å². The molecule has 0 aromatic heterocycles. The SMILES string of the molecule is COCC(Br)CN(C)C(=O)c1ccc(Br)cc1OC. The van der Waals surface area contributed by atoms with E-state index in [4.69, 9.17) is 9.47 Å². The van der Waals surface area contributed by atoms with Gasteiger partial charge in [0.25, 0.3) is 5.91 Å². The van der Waals surface area contributed by atoms with Gasteiger partial charge in [-0.2, -0.15) is 0 Å². The number of amides is 1. The van der Waals surface area contributed by atoms with Crippen LogP contribution in [0.1, 0.15) is 10.4 Å². The summed E-state index contributed by atoms with van der Waals surface area (Å²) in [6.45, 7) is 1.11.